The maximum Gasteiger partial charge on any atom is 0.229 e. The van der Waals surface area contributed by atoms with Gasteiger partial charge in [-0.2, -0.15) is 0 Å². The molecule has 1 aliphatic heterocycles. The molecule has 2 rings (SSSR count). The third-order valence-corrected chi connectivity index (χ3v) is 4.26. The quantitative estimate of drug-likeness (QED) is 0.873. The van der Waals surface area contributed by atoms with Gasteiger partial charge in [0.25, 0.3) is 0 Å². The highest BCUT2D eigenvalue weighted by atomic mass is 32.2. The number of sulfonamides is 1. The molecule has 0 spiro atoms. The van der Waals surface area contributed by atoms with E-state index in [1.54, 1.807) is 6.07 Å². The molecule has 1 aromatic carbocycles. The summed E-state index contributed by atoms with van der Waals surface area (Å²) in [6.45, 7) is 5.30. The summed E-state index contributed by atoms with van der Waals surface area (Å²) in [4.78, 5) is 2.39. The molecule has 118 valence electrons. The summed E-state index contributed by atoms with van der Waals surface area (Å²) in [5, 5.41) is 3.35. The second-order valence-corrected chi connectivity index (χ2v) is 7.17. The first-order valence-electron chi connectivity index (χ1n) is 7.13. The highest BCUT2D eigenvalue weighted by molar-refractivity contribution is 7.92. The molecule has 1 heterocycles. The Kier molecular flexibility index (Phi) is 5.05. The predicted octanol–water partition coefficient (Wildman–Crippen LogP) is 2.09. The van der Waals surface area contributed by atoms with E-state index in [1.165, 1.54) is 12.1 Å². The summed E-state index contributed by atoms with van der Waals surface area (Å²) in [6, 6.07) is 4.75. The molecule has 2 N–H and O–H groups in total. The fraction of sp³-hybridized carbons (Fsp3) is 0.571. The lowest BCUT2D eigenvalue weighted by atomic mass is 10.0. The monoisotopic (exact) mass is 315 g/mol. The van der Waals surface area contributed by atoms with Gasteiger partial charge in [-0.05, 0) is 37.6 Å². The molecule has 0 saturated carbocycles. The average Bonchev–Trinajstić information content (AvgIpc) is 2.42. The third-order valence-electron chi connectivity index (χ3n) is 3.67. The van der Waals surface area contributed by atoms with Crippen molar-refractivity contribution in [2.24, 2.45) is 0 Å². The number of rotatable bonds is 5. The van der Waals surface area contributed by atoms with Crippen LogP contribution in [0.4, 0.5) is 15.8 Å². The number of likely N-dealkylation sites (tertiary alicyclic amines) is 1. The van der Waals surface area contributed by atoms with Crippen LogP contribution in [0.25, 0.3) is 0 Å². The predicted molar refractivity (Wildman–Crippen MR) is 83.6 cm³/mol. The van der Waals surface area contributed by atoms with E-state index < -0.39 is 15.8 Å². The van der Waals surface area contributed by atoms with Crippen LogP contribution in [0.2, 0.25) is 0 Å². The van der Waals surface area contributed by atoms with Crippen molar-refractivity contribution >= 4 is 21.4 Å². The summed E-state index contributed by atoms with van der Waals surface area (Å²) in [5.74, 6) is -0.577. The van der Waals surface area contributed by atoms with Crippen molar-refractivity contribution in [1.29, 1.82) is 0 Å². The number of hydrogen-bond acceptors (Lipinski definition) is 4. The Morgan fingerprint density at radius 2 is 2.00 bits per heavy atom. The molecule has 0 amide bonds. The zero-order valence-corrected chi connectivity index (χ0v) is 13.2. The highest BCUT2D eigenvalue weighted by Crippen LogP contribution is 2.23. The number of anilines is 2. The zero-order chi connectivity index (χ0) is 15.5. The van der Waals surface area contributed by atoms with Gasteiger partial charge >= 0.3 is 0 Å². The fourth-order valence-electron chi connectivity index (χ4n) is 2.52. The maximum atomic E-state index is 13.6. The van der Waals surface area contributed by atoms with E-state index in [0.717, 1.165) is 44.4 Å². The molecule has 0 aromatic heterocycles. The fourth-order valence-corrected chi connectivity index (χ4v) is 3.08. The second kappa shape index (κ2) is 6.62. The number of piperidine rings is 1. The number of hydrogen-bond donors (Lipinski definition) is 2. The van der Waals surface area contributed by atoms with Gasteiger partial charge < -0.3 is 10.2 Å². The molecule has 5 nitrogen and oxygen atoms in total. The van der Waals surface area contributed by atoms with Crippen LogP contribution < -0.4 is 10.0 Å². The van der Waals surface area contributed by atoms with Crippen LogP contribution in [0.5, 0.6) is 0 Å². The molecule has 0 atom stereocenters. The zero-order valence-electron chi connectivity index (χ0n) is 12.4. The molecule has 7 heteroatoms. The van der Waals surface area contributed by atoms with Crippen molar-refractivity contribution in [3.8, 4) is 0 Å². The number of nitrogens with one attached hydrogen (secondary N) is 2. The molecule has 0 bridgehead atoms. The first kappa shape index (κ1) is 16.0. The van der Waals surface area contributed by atoms with Crippen LogP contribution in [0, 0.1) is 5.82 Å². The molecule has 0 unspecified atom stereocenters. The van der Waals surface area contributed by atoms with Gasteiger partial charge in [-0.3, -0.25) is 4.72 Å². The standard InChI is InChI=1S/C14H22FN3O2S/c1-3-18-8-6-11(7-9-18)16-12-4-5-13(15)14(10-12)17-21(2,19)20/h4-5,10-11,16-17H,3,6-9H2,1-2H3. The minimum Gasteiger partial charge on any atom is -0.382 e. The molecule has 1 saturated heterocycles. The Balaban J connectivity index is 2.03. The van der Waals surface area contributed by atoms with E-state index in [4.69, 9.17) is 0 Å². The topological polar surface area (TPSA) is 61.4 Å². The number of nitrogens with zero attached hydrogens (tertiary/aromatic N) is 1. The molecular weight excluding hydrogens is 293 g/mol. The van der Waals surface area contributed by atoms with Crippen molar-refractivity contribution in [2.75, 3.05) is 35.9 Å². The number of halogens is 1. The maximum absolute atomic E-state index is 13.6. The Morgan fingerprint density at radius 1 is 1.33 bits per heavy atom. The minimum atomic E-state index is -3.48. The Bertz CT molecular complexity index is 584. The average molecular weight is 315 g/mol. The van der Waals surface area contributed by atoms with Gasteiger partial charge in [-0.25, -0.2) is 12.8 Å². The van der Waals surface area contributed by atoms with E-state index >= 15 is 0 Å². The van der Waals surface area contributed by atoms with Gasteiger partial charge in [-0.15, -0.1) is 0 Å². The summed E-state index contributed by atoms with van der Waals surface area (Å²) in [6.07, 6.45) is 3.06. The highest BCUT2D eigenvalue weighted by Gasteiger charge is 2.18. The van der Waals surface area contributed by atoms with Gasteiger partial charge in [0, 0.05) is 24.8 Å². The van der Waals surface area contributed by atoms with E-state index in [-0.39, 0.29) is 5.69 Å². The van der Waals surface area contributed by atoms with E-state index in [9.17, 15) is 12.8 Å². The normalized spacial score (nSPS) is 17.7. The minimum absolute atomic E-state index is 0.0199. The summed E-state index contributed by atoms with van der Waals surface area (Å²) in [5.41, 5.74) is 0.714. The molecule has 1 fully saturated rings. The Labute approximate surface area is 125 Å². The molecule has 21 heavy (non-hydrogen) atoms. The lowest BCUT2D eigenvalue weighted by Gasteiger charge is -2.32. The lowest BCUT2D eigenvalue weighted by Crippen LogP contribution is -2.38. The van der Waals surface area contributed by atoms with Crippen LogP contribution in [0.15, 0.2) is 18.2 Å². The van der Waals surface area contributed by atoms with Crippen molar-refractivity contribution in [3.63, 3.8) is 0 Å². The van der Waals surface area contributed by atoms with Gasteiger partial charge in [0.1, 0.15) is 5.82 Å². The van der Waals surface area contributed by atoms with Crippen LogP contribution >= 0.6 is 0 Å². The lowest BCUT2D eigenvalue weighted by molar-refractivity contribution is 0.229. The third kappa shape index (κ3) is 4.86. The SMILES string of the molecule is CCN1CCC(Nc2ccc(F)c(NS(C)(=O)=O)c2)CC1. The van der Waals surface area contributed by atoms with Crippen molar-refractivity contribution in [1.82, 2.24) is 4.90 Å². The van der Waals surface area contributed by atoms with Crippen LogP contribution in [-0.4, -0.2) is 45.2 Å². The summed E-state index contributed by atoms with van der Waals surface area (Å²) >= 11 is 0. The first-order valence-corrected chi connectivity index (χ1v) is 9.03. The largest absolute Gasteiger partial charge is 0.382 e. The summed E-state index contributed by atoms with van der Waals surface area (Å²) < 4.78 is 38.2. The molecular formula is C14H22FN3O2S. The summed E-state index contributed by atoms with van der Waals surface area (Å²) in [7, 11) is -3.48. The molecule has 1 aliphatic rings. The Morgan fingerprint density at radius 3 is 2.57 bits per heavy atom. The van der Waals surface area contributed by atoms with Crippen molar-refractivity contribution in [3.05, 3.63) is 24.0 Å². The van der Waals surface area contributed by atoms with Gasteiger partial charge in [-0.1, -0.05) is 6.92 Å². The van der Waals surface area contributed by atoms with Crippen LogP contribution in [0.1, 0.15) is 19.8 Å². The molecule has 0 aliphatic carbocycles. The second-order valence-electron chi connectivity index (χ2n) is 5.42. The molecule has 0 radical (unpaired) electrons. The first-order chi connectivity index (χ1) is 9.87. The van der Waals surface area contributed by atoms with Crippen molar-refractivity contribution < 1.29 is 12.8 Å². The van der Waals surface area contributed by atoms with E-state index in [0.29, 0.717) is 6.04 Å². The van der Waals surface area contributed by atoms with Crippen LogP contribution in [-0.2, 0) is 10.0 Å². The van der Waals surface area contributed by atoms with Gasteiger partial charge in [0.2, 0.25) is 10.0 Å². The van der Waals surface area contributed by atoms with Crippen molar-refractivity contribution in [2.45, 2.75) is 25.8 Å². The van der Waals surface area contributed by atoms with Gasteiger partial charge in [0.15, 0.2) is 0 Å². The van der Waals surface area contributed by atoms with Crippen LogP contribution in [0.3, 0.4) is 0 Å². The van der Waals surface area contributed by atoms with Gasteiger partial charge in [0.05, 0.1) is 11.9 Å². The van der Waals surface area contributed by atoms with E-state index in [1.807, 2.05) is 0 Å². The number of benzene rings is 1. The smallest absolute Gasteiger partial charge is 0.229 e. The van der Waals surface area contributed by atoms with E-state index in [2.05, 4.69) is 21.9 Å². The Hall–Kier alpha value is -1.34. The molecule has 1 aromatic rings.